The van der Waals surface area contributed by atoms with Crippen LogP contribution in [0.5, 0.6) is 0 Å². The number of rotatable bonds is 4. The number of aromatic nitrogens is 3. The predicted molar refractivity (Wildman–Crippen MR) is 148 cm³/mol. The van der Waals surface area contributed by atoms with Gasteiger partial charge in [-0.15, -0.1) is 0 Å². The monoisotopic (exact) mass is 599 g/mol. The van der Waals surface area contributed by atoms with Crippen molar-refractivity contribution in [3.8, 4) is 11.3 Å². The van der Waals surface area contributed by atoms with Crippen molar-refractivity contribution in [1.29, 1.82) is 0 Å². The number of hydrogen-bond donors (Lipinski definition) is 1. The highest BCUT2D eigenvalue weighted by atomic mass is 19.4. The highest BCUT2D eigenvalue weighted by molar-refractivity contribution is 5.86. The molecule has 3 atom stereocenters. The third-order valence-electron chi connectivity index (χ3n) is 8.37. The van der Waals surface area contributed by atoms with E-state index < -0.39 is 29.5 Å². The fourth-order valence-electron chi connectivity index (χ4n) is 6.08. The summed E-state index contributed by atoms with van der Waals surface area (Å²) in [5.41, 5.74) is 6.28. The largest absolute Gasteiger partial charge is 0.433 e. The summed E-state index contributed by atoms with van der Waals surface area (Å²) < 4.78 is 83.6. The minimum Gasteiger partial charge on any atom is -0.382 e. The third kappa shape index (κ3) is 5.23. The summed E-state index contributed by atoms with van der Waals surface area (Å²) in [7, 11) is 0. The van der Waals surface area contributed by atoms with Crippen LogP contribution in [0, 0.1) is 0 Å². The minimum absolute atomic E-state index is 0.00971. The Kier molecular flexibility index (Phi) is 6.97. The number of halogens is 6. The van der Waals surface area contributed by atoms with Crippen LogP contribution in [0.25, 0.3) is 16.8 Å². The van der Waals surface area contributed by atoms with Crippen LogP contribution in [-0.2, 0) is 17.1 Å². The second-order valence-electron chi connectivity index (χ2n) is 11.0. The summed E-state index contributed by atoms with van der Waals surface area (Å²) in [5, 5.41) is 0. The summed E-state index contributed by atoms with van der Waals surface area (Å²) in [5.74, 6) is -0.931. The molecule has 0 spiro atoms. The second kappa shape index (κ2) is 10.4. The first-order valence-electron chi connectivity index (χ1n) is 13.8. The number of benzene rings is 2. The summed E-state index contributed by atoms with van der Waals surface area (Å²) in [6.45, 7) is 2.00. The lowest BCUT2D eigenvalue weighted by atomic mass is 9.89. The SMILES string of the molecule is C[C@@H](c1ccc(-c2nc([C@@H]3CC[C@H]4C=CCC(=O)N4C3)n3c(C(F)(F)F)cnc(N)c23)cc1)c1cccc(C(F)(F)F)c1. The van der Waals surface area contributed by atoms with Crippen molar-refractivity contribution in [3.63, 3.8) is 0 Å². The van der Waals surface area contributed by atoms with Gasteiger partial charge in [-0.3, -0.25) is 9.20 Å². The van der Waals surface area contributed by atoms with Gasteiger partial charge in [0, 0.05) is 30.4 Å². The molecule has 6 nitrogen and oxygen atoms in total. The fraction of sp³-hybridized carbons (Fsp3) is 0.323. The standard InChI is InChI=1S/C31H27F6N5O/c1-17(20-4-2-5-22(14-20)30(32,33)34)18-8-10-19(11-9-18)26-27-28(38)39-15-24(31(35,36)37)42(27)29(40-26)21-12-13-23-6-3-7-25(43)41(23)16-21/h2-6,8-11,14-15,17,21,23H,7,12-13,16H2,1H3,(H2,38,39)/t17-,21+,23+/m0/s1. The normalized spacial score (nSPS) is 20.0. The van der Waals surface area contributed by atoms with Crippen molar-refractivity contribution in [2.45, 2.75) is 56.4 Å². The average Bonchev–Trinajstić information content (AvgIpc) is 3.37. The van der Waals surface area contributed by atoms with Crippen molar-refractivity contribution >= 4 is 17.2 Å². The van der Waals surface area contributed by atoms with Gasteiger partial charge in [0.15, 0.2) is 0 Å². The lowest BCUT2D eigenvalue weighted by molar-refractivity contribution is -0.142. The Morgan fingerprint density at radius 2 is 1.72 bits per heavy atom. The average molecular weight is 600 g/mol. The Morgan fingerprint density at radius 3 is 2.42 bits per heavy atom. The van der Waals surface area contributed by atoms with Gasteiger partial charge in [0.05, 0.1) is 17.8 Å². The molecular formula is C31H27F6N5O. The van der Waals surface area contributed by atoms with Crippen LogP contribution in [0.4, 0.5) is 32.2 Å². The van der Waals surface area contributed by atoms with Crippen molar-refractivity contribution < 1.29 is 31.1 Å². The molecule has 6 rings (SSSR count). The van der Waals surface area contributed by atoms with Gasteiger partial charge in [0.25, 0.3) is 0 Å². The maximum Gasteiger partial charge on any atom is 0.433 e. The van der Waals surface area contributed by atoms with Crippen LogP contribution in [0.2, 0.25) is 0 Å². The maximum absolute atomic E-state index is 14.3. The van der Waals surface area contributed by atoms with Gasteiger partial charge in [-0.2, -0.15) is 26.3 Å². The van der Waals surface area contributed by atoms with Crippen LogP contribution in [0.1, 0.15) is 66.2 Å². The van der Waals surface area contributed by atoms with Gasteiger partial charge in [0.2, 0.25) is 5.91 Å². The molecule has 4 heterocycles. The van der Waals surface area contributed by atoms with Crippen LogP contribution in [0.3, 0.4) is 0 Å². The van der Waals surface area contributed by atoms with E-state index in [-0.39, 0.29) is 53.7 Å². The number of amides is 1. The van der Waals surface area contributed by atoms with Crippen LogP contribution in [-0.4, -0.2) is 37.8 Å². The fourth-order valence-corrected chi connectivity index (χ4v) is 6.08. The Morgan fingerprint density at radius 1 is 0.977 bits per heavy atom. The van der Waals surface area contributed by atoms with Crippen LogP contribution < -0.4 is 5.73 Å². The van der Waals surface area contributed by atoms with Gasteiger partial charge in [-0.1, -0.05) is 61.5 Å². The summed E-state index contributed by atoms with van der Waals surface area (Å²) in [4.78, 5) is 22.9. The molecule has 1 fully saturated rings. The summed E-state index contributed by atoms with van der Waals surface area (Å²) in [6, 6.07) is 11.8. The third-order valence-corrected chi connectivity index (χ3v) is 8.37. The molecule has 2 aliphatic heterocycles. The van der Waals surface area contributed by atoms with Gasteiger partial charge < -0.3 is 10.6 Å². The molecule has 1 saturated heterocycles. The number of nitrogens with two attached hydrogens (primary N) is 1. The molecule has 0 saturated carbocycles. The number of nitrogens with zero attached hydrogens (tertiary/aromatic N) is 4. The van der Waals surface area contributed by atoms with Crippen LogP contribution in [0.15, 0.2) is 66.9 Å². The van der Waals surface area contributed by atoms with E-state index >= 15 is 0 Å². The van der Waals surface area contributed by atoms with E-state index in [1.165, 1.54) is 6.07 Å². The van der Waals surface area contributed by atoms with Gasteiger partial charge >= 0.3 is 12.4 Å². The number of piperidine rings is 1. The first-order chi connectivity index (χ1) is 20.3. The number of anilines is 1. The second-order valence-corrected chi connectivity index (χ2v) is 11.0. The molecule has 4 aromatic rings. The highest BCUT2D eigenvalue weighted by Crippen LogP contribution is 2.41. The zero-order chi connectivity index (χ0) is 30.7. The van der Waals surface area contributed by atoms with E-state index in [0.717, 1.165) is 16.5 Å². The highest BCUT2D eigenvalue weighted by Gasteiger charge is 2.40. The van der Waals surface area contributed by atoms with E-state index in [0.29, 0.717) is 35.7 Å². The molecule has 2 aliphatic rings. The van der Waals surface area contributed by atoms with Crippen molar-refractivity contribution in [2.75, 3.05) is 12.3 Å². The van der Waals surface area contributed by atoms with E-state index in [2.05, 4.69) is 4.98 Å². The van der Waals surface area contributed by atoms with E-state index in [4.69, 9.17) is 10.7 Å². The van der Waals surface area contributed by atoms with Gasteiger partial charge in [-0.05, 0) is 30.0 Å². The lowest BCUT2D eigenvalue weighted by Crippen LogP contribution is -2.47. The van der Waals surface area contributed by atoms with Crippen molar-refractivity contribution in [3.05, 3.63) is 95.1 Å². The smallest absolute Gasteiger partial charge is 0.382 e. The molecule has 224 valence electrons. The Hall–Kier alpha value is -4.35. The first-order valence-corrected chi connectivity index (χ1v) is 13.8. The van der Waals surface area contributed by atoms with Crippen LogP contribution >= 0.6 is 0 Å². The molecule has 12 heteroatoms. The van der Waals surface area contributed by atoms with Crippen molar-refractivity contribution in [2.24, 2.45) is 0 Å². The molecule has 0 aliphatic carbocycles. The summed E-state index contributed by atoms with van der Waals surface area (Å²) in [6.07, 6.45) is -3.41. The number of nitrogen functional groups attached to an aromatic ring is 1. The number of alkyl halides is 6. The molecular weight excluding hydrogens is 572 g/mol. The Bertz CT molecular complexity index is 1720. The molecule has 2 N–H and O–H groups in total. The van der Waals surface area contributed by atoms with Crippen molar-refractivity contribution in [1.82, 2.24) is 19.3 Å². The molecule has 2 aromatic carbocycles. The molecule has 43 heavy (non-hydrogen) atoms. The number of carbonyl (C=O) groups excluding carboxylic acids is 1. The minimum atomic E-state index is -4.75. The van der Waals surface area contributed by atoms with Gasteiger partial charge in [-0.25, -0.2) is 9.97 Å². The van der Waals surface area contributed by atoms with E-state index in [1.807, 2.05) is 12.2 Å². The van der Waals surface area contributed by atoms with Gasteiger partial charge in [0.1, 0.15) is 28.5 Å². The number of fused-ring (bicyclic) bond motifs is 2. The molecule has 1 amide bonds. The van der Waals surface area contributed by atoms with E-state index in [1.54, 1.807) is 42.2 Å². The lowest BCUT2D eigenvalue weighted by Gasteiger charge is -2.39. The number of imidazole rings is 1. The number of hydrogen-bond acceptors (Lipinski definition) is 4. The molecule has 2 aromatic heterocycles. The maximum atomic E-state index is 14.3. The van der Waals surface area contributed by atoms with E-state index in [9.17, 15) is 31.1 Å². The quantitative estimate of drug-likeness (QED) is 0.199. The zero-order valence-corrected chi connectivity index (χ0v) is 23.0. The summed E-state index contributed by atoms with van der Waals surface area (Å²) >= 11 is 0. The molecule has 0 unspecified atom stereocenters. The number of carbonyl (C=O) groups is 1. The topological polar surface area (TPSA) is 76.5 Å². The molecule has 0 radical (unpaired) electrons. The first kappa shape index (κ1) is 28.8. The molecule has 0 bridgehead atoms. The Balaban J connectivity index is 1.42. The zero-order valence-electron chi connectivity index (χ0n) is 23.0. The Labute approximate surface area is 242 Å². The predicted octanol–water partition coefficient (Wildman–Crippen LogP) is 7.20.